The van der Waals surface area contributed by atoms with E-state index in [0.717, 1.165) is 10.7 Å². The molecule has 15 heavy (non-hydrogen) atoms. The third-order valence-electron chi connectivity index (χ3n) is 1.53. The number of rotatable bonds is 1. The zero-order chi connectivity index (χ0) is 11.5. The van der Waals surface area contributed by atoms with Gasteiger partial charge in [-0.3, -0.25) is 0 Å². The lowest BCUT2D eigenvalue weighted by atomic mass is 10.2. The van der Waals surface area contributed by atoms with Crippen LogP contribution in [0.25, 0.3) is 0 Å². The maximum Gasteiger partial charge on any atom is 0.214 e. The molecular weight excluding hydrogens is 280 g/mol. The average molecular weight is 289 g/mol. The molecule has 1 aromatic rings. The van der Waals surface area contributed by atoms with Gasteiger partial charge in [-0.05, 0) is 40.0 Å². The second-order valence-corrected chi connectivity index (χ2v) is 5.45. The van der Waals surface area contributed by atoms with Crippen LogP contribution in [0.3, 0.4) is 0 Å². The third-order valence-corrected chi connectivity index (χ3v) is 2.63. The smallest absolute Gasteiger partial charge is 0.214 e. The monoisotopic (exact) mass is 288 g/mol. The summed E-state index contributed by atoms with van der Waals surface area (Å²) in [5, 5.41) is 2.16. The molecule has 0 unspecified atom stereocenters. The summed E-state index contributed by atoms with van der Waals surface area (Å²) in [7, 11) is -1.70. The van der Waals surface area contributed by atoms with E-state index >= 15 is 0 Å². The quantitative estimate of drug-likeness (QED) is 0.741. The van der Waals surface area contributed by atoms with E-state index in [1.807, 2.05) is 0 Å². The molecule has 0 saturated carbocycles. The molecule has 0 aliphatic carbocycles. The van der Waals surface area contributed by atoms with E-state index in [4.69, 9.17) is 4.74 Å². The topological polar surface area (TPSA) is 43.4 Å². The summed E-state index contributed by atoms with van der Waals surface area (Å²) in [6.07, 6.45) is 1.07. The highest BCUT2D eigenvalue weighted by atomic mass is 79.9. The highest BCUT2D eigenvalue weighted by Gasteiger charge is 1.99. The van der Waals surface area contributed by atoms with Crippen LogP contribution in [-0.4, -0.2) is 21.8 Å². The van der Waals surface area contributed by atoms with Gasteiger partial charge in [0, 0.05) is 10.8 Å². The first-order valence-electron chi connectivity index (χ1n) is 3.99. The summed E-state index contributed by atoms with van der Waals surface area (Å²) in [4.78, 5) is 0. The van der Waals surface area contributed by atoms with Gasteiger partial charge in [0.15, 0.2) is 0 Å². The maximum atomic E-state index is 10.8. The van der Waals surface area contributed by atoms with Crippen molar-refractivity contribution in [3.8, 4) is 16.9 Å². The molecule has 5 heteroatoms. The SMILES string of the molecule is COc1ccc(C#CS(C)(=O)=O)cc1Br. The first-order valence-corrected chi connectivity index (χ1v) is 6.67. The standard InChI is InChI=1S/C10H9BrO3S/c1-14-10-4-3-8(7-9(10)11)5-6-15(2,12)13/h3-4,7H,1-2H3. The molecule has 80 valence electrons. The van der Waals surface area contributed by atoms with Crippen LogP contribution in [0.4, 0.5) is 0 Å². The Morgan fingerprint density at radius 1 is 1.40 bits per heavy atom. The Morgan fingerprint density at radius 3 is 2.53 bits per heavy atom. The molecule has 0 saturated heterocycles. The van der Waals surface area contributed by atoms with E-state index in [0.29, 0.717) is 11.3 Å². The summed E-state index contributed by atoms with van der Waals surface area (Å²) in [6, 6.07) is 5.12. The summed E-state index contributed by atoms with van der Waals surface area (Å²) in [6.45, 7) is 0. The Kier molecular flexibility index (Phi) is 3.77. The molecule has 0 aromatic heterocycles. The molecule has 0 radical (unpaired) electrons. The van der Waals surface area contributed by atoms with Crippen LogP contribution >= 0.6 is 15.9 Å². The van der Waals surface area contributed by atoms with Crippen molar-refractivity contribution >= 4 is 25.8 Å². The molecule has 1 aromatic carbocycles. The molecule has 0 aliphatic rings. The summed E-state index contributed by atoms with van der Waals surface area (Å²) in [5.74, 6) is 3.23. The van der Waals surface area contributed by atoms with Crippen LogP contribution < -0.4 is 4.74 Å². The third kappa shape index (κ3) is 3.94. The molecule has 1 rings (SSSR count). The van der Waals surface area contributed by atoms with Crippen molar-refractivity contribution in [2.75, 3.05) is 13.4 Å². The van der Waals surface area contributed by atoms with Crippen LogP contribution in [0.2, 0.25) is 0 Å². The number of halogens is 1. The van der Waals surface area contributed by atoms with Crippen LogP contribution in [0.15, 0.2) is 22.7 Å². The van der Waals surface area contributed by atoms with Crippen LogP contribution in [-0.2, 0) is 9.84 Å². The minimum Gasteiger partial charge on any atom is -0.496 e. The van der Waals surface area contributed by atoms with Gasteiger partial charge in [0.25, 0.3) is 0 Å². The van der Waals surface area contributed by atoms with Crippen LogP contribution in [0.1, 0.15) is 5.56 Å². The molecule has 0 spiro atoms. The first kappa shape index (κ1) is 12.1. The Balaban J connectivity index is 3.08. The average Bonchev–Trinajstić information content (AvgIpc) is 2.14. The van der Waals surface area contributed by atoms with E-state index in [-0.39, 0.29) is 0 Å². The number of hydrogen-bond donors (Lipinski definition) is 0. The molecular formula is C10H9BrO3S. The van der Waals surface area contributed by atoms with E-state index in [2.05, 4.69) is 27.1 Å². The molecule has 0 heterocycles. The summed E-state index contributed by atoms with van der Waals surface area (Å²) >= 11 is 3.29. The fourth-order valence-electron chi connectivity index (χ4n) is 0.896. The lowest BCUT2D eigenvalue weighted by molar-refractivity contribution is 0.412. The van der Waals surface area contributed by atoms with E-state index in [9.17, 15) is 8.42 Å². The first-order chi connectivity index (χ1) is 6.92. The molecule has 0 atom stereocenters. The van der Waals surface area contributed by atoms with Crippen molar-refractivity contribution in [3.05, 3.63) is 28.2 Å². The Bertz CT molecular complexity index is 523. The van der Waals surface area contributed by atoms with Crippen molar-refractivity contribution in [1.82, 2.24) is 0 Å². The lowest BCUT2D eigenvalue weighted by Gasteiger charge is -2.01. The van der Waals surface area contributed by atoms with Gasteiger partial charge in [-0.15, -0.1) is 0 Å². The zero-order valence-electron chi connectivity index (χ0n) is 8.24. The Hall–Kier alpha value is -0.990. The zero-order valence-corrected chi connectivity index (χ0v) is 10.6. The molecule has 0 amide bonds. The highest BCUT2D eigenvalue weighted by Crippen LogP contribution is 2.24. The second-order valence-electron chi connectivity index (χ2n) is 2.85. The van der Waals surface area contributed by atoms with Gasteiger partial charge >= 0.3 is 0 Å². The lowest BCUT2D eigenvalue weighted by Crippen LogP contribution is -1.89. The van der Waals surface area contributed by atoms with Crippen molar-refractivity contribution in [1.29, 1.82) is 0 Å². The molecule has 0 aliphatic heterocycles. The van der Waals surface area contributed by atoms with E-state index in [1.54, 1.807) is 25.3 Å². The van der Waals surface area contributed by atoms with E-state index < -0.39 is 9.84 Å². The van der Waals surface area contributed by atoms with Crippen molar-refractivity contribution in [2.45, 2.75) is 0 Å². The number of hydrogen-bond acceptors (Lipinski definition) is 3. The molecule has 0 bridgehead atoms. The van der Waals surface area contributed by atoms with Gasteiger partial charge in [0.1, 0.15) is 5.75 Å². The van der Waals surface area contributed by atoms with Gasteiger partial charge in [0.2, 0.25) is 9.84 Å². The van der Waals surface area contributed by atoms with Gasteiger partial charge in [-0.2, -0.15) is 0 Å². The Morgan fingerprint density at radius 2 is 2.07 bits per heavy atom. The maximum absolute atomic E-state index is 10.8. The molecule has 0 fully saturated rings. The fourth-order valence-corrected chi connectivity index (χ4v) is 1.74. The number of ether oxygens (including phenoxy) is 1. The van der Waals surface area contributed by atoms with Crippen LogP contribution in [0, 0.1) is 11.2 Å². The predicted molar refractivity (Wildman–Crippen MR) is 62.4 cm³/mol. The minimum absolute atomic E-state index is 0.619. The van der Waals surface area contributed by atoms with Crippen molar-refractivity contribution in [3.63, 3.8) is 0 Å². The highest BCUT2D eigenvalue weighted by molar-refractivity contribution is 9.10. The van der Waals surface area contributed by atoms with Crippen LogP contribution in [0.5, 0.6) is 5.75 Å². The summed E-state index contributed by atoms with van der Waals surface area (Å²) in [5.41, 5.74) is 0.619. The van der Waals surface area contributed by atoms with Crippen molar-refractivity contribution < 1.29 is 13.2 Å². The number of sulfone groups is 1. The second kappa shape index (κ2) is 4.69. The number of benzene rings is 1. The Labute approximate surface area is 97.5 Å². The van der Waals surface area contributed by atoms with Gasteiger partial charge in [-0.1, -0.05) is 0 Å². The summed E-state index contributed by atoms with van der Waals surface area (Å²) < 4.78 is 27.4. The van der Waals surface area contributed by atoms with E-state index in [1.165, 1.54) is 0 Å². The van der Waals surface area contributed by atoms with Gasteiger partial charge in [0.05, 0.1) is 17.8 Å². The van der Waals surface area contributed by atoms with Gasteiger partial charge in [-0.25, -0.2) is 8.42 Å². The molecule has 0 N–H and O–H groups in total. The minimum atomic E-state index is -3.26. The largest absolute Gasteiger partial charge is 0.496 e. The molecule has 3 nitrogen and oxygen atoms in total. The van der Waals surface area contributed by atoms with Crippen molar-refractivity contribution in [2.24, 2.45) is 0 Å². The normalized spacial score (nSPS) is 10.3. The fraction of sp³-hybridized carbons (Fsp3) is 0.200. The number of methoxy groups -OCH3 is 1. The predicted octanol–water partition coefficient (Wildman–Crippen LogP) is 1.81. The van der Waals surface area contributed by atoms with Gasteiger partial charge < -0.3 is 4.74 Å².